The molecule has 2 N–H and O–H groups in total. The number of ether oxygens (including phenoxy) is 1. The van der Waals surface area contributed by atoms with E-state index in [2.05, 4.69) is 30.3 Å². The van der Waals surface area contributed by atoms with Crippen LogP contribution in [0.5, 0.6) is 0 Å². The van der Waals surface area contributed by atoms with Gasteiger partial charge < -0.3 is 14.5 Å². The van der Waals surface area contributed by atoms with Crippen LogP contribution in [0.3, 0.4) is 0 Å². The van der Waals surface area contributed by atoms with Gasteiger partial charge in [0.2, 0.25) is 0 Å². The van der Waals surface area contributed by atoms with Gasteiger partial charge in [-0.1, -0.05) is 30.3 Å². The monoisotopic (exact) mass is 262 g/mol. The first-order chi connectivity index (χ1) is 9.42. The largest absolute Gasteiger partial charge is 0.370 e. The minimum absolute atomic E-state index is 0.892. The molecule has 0 aliphatic carbocycles. The van der Waals surface area contributed by atoms with Crippen LogP contribution >= 0.6 is 0 Å². The summed E-state index contributed by atoms with van der Waals surface area (Å²) >= 11 is 0. The Balaban J connectivity index is 1.46. The maximum atomic E-state index is 5.46. The van der Waals surface area contributed by atoms with Crippen LogP contribution in [0.15, 0.2) is 30.3 Å². The number of piperidine rings is 1. The summed E-state index contributed by atoms with van der Waals surface area (Å²) in [5, 5.41) is 0. The van der Waals surface area contributed by atoms with Gasteiger partial charge in [0, 0.05) is 18.4 Å². The summed E-state index contributed by atoms with van der Waals surface area (Å²) in [7, 11) is 0. The molecular weight excluding hydrogens is 236 g/mol. The van der Waals surface area contributed by atoms with Gasteiger partial charge >= 0.3 is 0 Å². The Hall–Kier alpha value is -0.900. The van der Waals surface area contributed by atoms with Gasteiger partial charge in [-0.05, 0) is 0 Å². The number of benzene rings is 1. The molecule has 2 saturated heterocycles. The summed E-state index contributed by atoms with van der Waals surface area (Å²) in [6.07, 6.45) is 2.77. The van der Waals surface area contributed by atoms with E-state index in [0.29, 0.717) is 0 Å². The Kier molecular flexibility index (Phi) is 4.49. The van der Waals surface area contributed by atoms with E-state index in [9.17, 15) is 0 Å². The van der Waals surface area contributed by atoms with Crippen molar-refractivity contribution in [1.29, 1.82) is 0 Å². The molecule has 0 radical (unpaired) electrons. The number of quaternary nitrogens is 2. The molecule has 19 heavy (non-hydrogen) atoms. The van der Waals surface area contributed by atoms with Crippen LogP contribution in [0.2, 0.25) is 0 Å². The summed E-state index contributed by atoms with van der Waals surface area (Å²) in [4.78, 5) is 3.56. The summed E-state index contributed by atoms with van der Waals surface area (Å²) in [5.41, 5.74) is 1.48. The Labute approximate surface area is 116 Å². The minimum atomic E-state index is 0.892. The average molecular weight is 262 g/mol. The van der Waals surface area contributed by atoms with E-state index >= 15 is 0 Å². The second-order valence-electron chi connectivity index (χ2n) is 5.96. The second kappa shape index (κ2) is 6.51. The molecule has 2 heterocycles. The van der Waals surface area contributed by atoms with E-state index in [0.717, 1.165) is 19.3 Å². The average Bonchev–Trinajstić information content (AvgIpc) is 2.50. The van der Waals surface area contributed by atoms with Crippen LogP contribution < -0.4 is 9.80 Å². The number of rotatable bonds is 3. The third-order valence-corrected chi connectivity index (χ3v) is 4.70. The number of morpholine rings is 1. The van der Waals surface area contributed by atoms with Crippen LogP contribution in [0.25, 0.3) is 0 Å². The summed E-state index contributed by atoms with van der Waals surface area (Å²) in [6, 6.07) is 11.8. The van der Waals surface area contributed by atoms with Crippen molar-refractivity contribution >= 4 is 0 Å². The van der Waals surface area contributed by atoms with Gasteiger partial charge in [0.25, 0.3) is 0 Å². The molecule has 2 fully saturated rings. The minimum Gasteiger partial charge on any atom is -0.370 e. The fraction of sp³-hybridized carbons (Fsp3) is 0.625. The van der Waals surface area contributed by atoms with Crippen LogP contribution in [0, 0.1) is 0 Å². The Bertz CT molecular complexity index is 368. The maximum absolute atomic E-state index is 5.46. The number of hydrogen-bond donors (Lipinski definition) is 2. The number of hydrogen-bond acceptors (Lipinski definition) is 1. The van der Waals surface area contributed by atoms with Gasteiger partial charge in [-0.15, -0.1) is 0 Å². The van der Waals surface area contributed by atoms with Gasteiger partial charge in [-0.2, -0.15) is 0 Å². The molecule has 3 rings (SSSR count). The van der Waals surface area contributed by atoms with Crippen molar-refractivity contribution in [2.45, 2.75) is 25.4 Å². The molecule has 3 nitrogen and oxygen atoms in total. The lowest BCUT2D eigenvalue weighted by Gasteiger charge is -2.36. The Morgan fingerprint density at radius 1 is 0.947 bits per heavy atom. The molecule has 1 aromatic rings. The standard InChI is InChI=1S/C16H24N2O/c1-2-4-15(5-3-1)14-17-8-6-16(7-9-17)18-10-12-19-13-11-18/h1-5,16H,6-14H2/p+2. The van der Waals surface area contributed by atoms with Crippen molar-refractivity contribution in [3.05, 3.63) is 35.9 Å². The lowest BCUT2D eigenvalue weighted by atomic mass is 10.0. The molecule has 2 aliphatic heterocycles. The van der Waals surface area contributed by atoms with Crippen LogP contribution in [0.1, 0.15) is 18.4 Å². The molecule has 0 atom stereocenters. The highest BCUT2D eigenvalue weighted by atomic mass is 16.5. The molecule has 0 bridgehead atoms. The zero-order chi connectivity index (χ0) is 12.9. The first kappa shape index (κ1) is 13.1. The first-order valence-corrected chi connectivity index (χ1v) is 7.71. The van der Waals surface area contributed by atoms with E-state index in [1.807, 2.05) is 0 Å². The normalized spacial score (nSPS) is 29.3. The number of nitrogens with one attached hydrogen (secondary N) is 2. The third kappa shape index (κ3) is 3.56. The van der Waals surface area contributed by atoms with Crippen LogP contribution in [-0.2, 0) is 11.3 Å². The lowest BCUT2D eigenvalue weighted by Crippen LogP contribution is -3.21. The van der Waals surface area contributed by atoms with Crippen molar-refractivity contribution in [3.63, 3.8) is 0 Å². The van der Waals surface area contributed by atoms with Crippen molar-refractivity contribution < 1.29 is 14.5 Å². The zero-order valence-electron chi connectivity index (χ0n) is 11.7. The summed E-state index contributed by atoms with van der Waals surface area (Å²) in [6.45, 7) is 8.25. The lowest BCUT2D eigenvalue weighted by molar-refractivity contribution is -0.967. The van der Waals surface area contributed by atoms with Gasteiger partial charge in [0.1, 0.15) is 19.6 Å². The molecule has 1 aromatic carbocycles. The van der Waals surface area contributed by atoms with Crippen molar-refractivity contribution in [2.24, 2.45) is 0 Å². The molecule has 3 heteroatoms. The van der Waals surface area contributed by atoms with Gasteiger partial charge in [-0.3, -0.25) is 0 Å². The molecular formula is C16H26N2O+2. The number of likely N-dealkylation sites (tertiary alicyclic amines) is 1. The third-order valence-electron chi connectivity index (χ3n) is 4.70. The molecule has 0 spiro atoms. The van der Waals surface area contributed by atoms with Gasteiger partial charge in [-0.25, -0.2) is 0 Å². The second-order valence-corrected chi connectivity index (χ2v) is 5.96. The molecule has 0 unspecified atom stereocenters. The van der Waals surface area contributed by atoms with E-state index in [1.165, 1.54) is 51.1 Å². The van der Waals surface area contributed by atoms with Crippen molar-refractivity contribution in [1.82, 2.24) is 0 Å². The Morgan fingerprint density at radius 3 is 2.32 bits per heavy atom. The highest BCUT2D eigenvalue weighted by molar-refractivity contribution is 5.13. The van der Waals surface area contributed by atoms with Crippen molar-refractivity contribution in [3.8, 4) is 0 Å². The van der Waals surface area contributed by atoms with Gasteiger partial charge in [0.15, 0.2) is 0 Å². The smallest absolute Gasteiger partial charge is 0.103 e. The first-order valence-electron chi connectivity index (χ1n) is 7.71. The molecule has 104 valence electrons. The predicted molar refractivity (Wildman–Crippen MR) is 75.4 cm³/mol. The molecule has 0 amide bonds. The zero-order valence-corrected chi connectivity index (χ0v) is 11.7. The SMILES string of the molecule is c1ccc(C[NH+]2CCC([NH+]3CCOCC3)CC2)cc1. The predicted octanol–water partition coefficient (Wildman–Crippen LogP) is -0.851. The Morgan fingerprint density at radius 2 is 1.63 bits per heavy atom. The maximum Gasteiger partial charge on any atom is 0.103 e. The van der Waals surface area contributed by atoms with E-state index in [4.69, 9.17) is 4.74 Å². The fourth-order valence-electron chi connectivity index (χ4n) is 3.54. The topological polar surface area (TPSA) is 18.1 Å². The van der Waals surface area contributed by atoms with E-state index < -0.39 is 0 Å². The van der Waals surface area contributed by atoms with Crippen LogP contribution in [0.4, 0.5) is 0 Å². The van der Waals surface area contributed by atoms with Crippen molar-refractivity contribution in [2.75, 3.05) is 39.4 Å². The fourth-order valence-corrected chi connectivity index (χ4v) is 3.54. The molecule has 0 aromatic heterocycles. The van der Waals surface area contributed by atoms with E-state index in [1.54, 1.807) is 9.80 Å². The van der Waals surface area contributed by atoms with E-state index in [-0.39, 0.29) is 0 Å². The molecule has 2 aliphatic rings. The highest BCUT2D eigenvalue weighted by Gasteiger charge is 2.30. The summed E-state index contributed by atoms with van der Waals surface area (Å²) < 4.78 is 5.46. The van der Waals surface area contributed by atoms with Gasteiger partial charge in [0.05, 0.1) is 32.3 Å². The highest BCUT2D eigenvalue weighted by Crippen LogP contribution is 2.00. The molecule has 0 saturated carbocycles. The quantitative estimate of drug-likeness (QED) is 0.726. The summed E-state index contributed by atoms with van der Waals surface area (Å²) in [5.74, 6) is 0. The van der Waals surface area contributed by atoms with Crippen LogP contribution in [-0.4, -0.2) is 45.4 Å².